The third-order valence-corrected chi connectivity index (χ3v) is 3.24. The number of ether oxygens (including phenoxy) is 1. The smallest absolute Gasteiger partial charge is 0.296 e. The highest BCUT2D eigenvalue weighted by atomic mass is 16.6. The third kappa shape index (κ3) is 2.33. The van der Waals surface area contributed by atoms with Crippen LogP contribution < -0.4 is 10.1 Å². The number of nitro groups is 1. The van der Waals surface area contributed by atoms with E-state index in [1.165, 1.54) is 13.2 Å². The molecule has 0 amide bonds. The van der Waals surface area contributed by atoms with E-state index in [0.29, 0.717) is 17.5 Å². The Morgan fingerprint density at radius 3 is 2.65 bits per heavy atom. The second-order valence-electron chi connectivity index (χ2n) is 5.03. The van der Waals surface area contributed by atoms with Crippen molar-refractivity contribution in [2.24, 2.45) is 5.41 Å². The van der Waals surface area contributed by atoms with Gasteiger partial charge < -0.3 is 10.1 Å². The van der Waals surface area contributed by atoms with E-state index < -0.39 is 0 Å². The second kappa shape index (κ2) is 3.91. The van der Waals surface area contributed by atoms with Gasteiger partial charge in [0.05, 0.1) is 18.1 Å². The topological polar surface area (TPSA) is 64.4 Å². The largest absolute Gasteiger partial charge is 0.496 e. The predicted octanol–water partition coefficient (Wildman–Crippen LogP) is 2.81. The van der Waals surface area contributed by atoms with Gasteiger partial charge >= 0.3 is 0 Å². The van der Waals surface area contributed by atoms with Gasteiger partial charge in [-0.1, -0.05) is 13.8 Å². The van der Waals surface area contributed by atoms with Crippen molar-refractivity contribution in [2.75, 3.05) is 12.4 Å². The fraction of sp³-hybridized carbons (Fsp3) is 0.500. The van der Waals surface area contributed by atoms with Crippen LogP contribution in [0, 0.1) is 15.5 Å². The normalized spacial score (nSPS) is 20.8. The van der Waals surface area contributed by atoms with E-state index >= 15 is 0 Å². The second-order valence-corrected chi connectivity index (χ2v) is 5.03. The summed E-state index contributed by atoms with van der Waals surface area (Å²) >= 11 is 0. The Morgan fingerprint density at radius 1 is 1.53 bits per heavy atom. The molecule has 0 bridgehead atoms. The van der Waals surface area contributed by atoms with Crippen LogP contribution >= 0.6 is 0 Å². The zero-order valence-corrected chi connectivity index (χ0v) is 10.2. The van der Waals surface area contributed by atoms with E-state index in [9.17, 15) is 10.1 Å². The maximum Gasteiger partial charge on any atom is 0.296 e. The Bertz CT molecular complexity index is 457. The monoisotopic (exact) mass is 236 g/mol. The fourth-order valence-corrected chi connectivity index (χ4v) is 1.81. The molecule has 92 valence electrons. The van der Waals surface area contributed by atoms with Gasteiger partial charge in [-0.2, -0.15) is 0 Å². The first-order valence-electron chi connectivity index (χ1n) is 5.53. The lowest BCUT2D eigenvalue weighted by Gasteiger charge is -2.09. The standard InChI is InChI=1S/C12H16N2O3/c1-12(2)7-11(12)13-9-5-4-8(17-3)6-10(9)14(15)16/h4-6,11,13H,7H2,1-3H3. The first-order chi connectivity index (χ1) is 7.94. The highest BCUT2D eigenvalue weighted by Gasteiger charge is 2.46. The number of nitrogens with one attached hydrogen (secondary N) is 1. The fourth-order valence-electron chi connectivity index (χ4n) is 1.81. The number of nitro benzene ring substituents is 1. The van der Waals surface area contributed by atoms with E-state index in [2.05, 4.69) is 19.2 Å². The molecular formula is C12H16N2O3. The van der Waals surface area contributed by atoms with Crippen LogP contribution in [0.1, 0.15) is 20.3 Å². The van der Waals surface area contributed by atoms with Crippen LogP contribution in [0.5, 0.6) is 5.75 Å². The van der Waals surface area contributed by atoms with Crippen LogP contribution in [-0.2, 0) is 0 Å². The Labute approximate surface area is 99.9 Å². The van der Waals surface area contributed by atoms with E-state index in [1.807, 2.05) is 0 Å². The highest BCUT2D eigenvalue weighted by Crippen LogP contribution is 2.47. The molecule has 0 radical (unpaired) electrons. The number of nitrogens with zero attached hydrogens (tertiary/aromatic N) is 1. The quantitative estimate of drug-likeness (QED) is 0.645. The van der Waals surface area contributed by atoms with Crippen LogP contribution in [0.3, 0.4) is 0 Å². The van der Waals surface area contributed by atoms with Crippen molar-refractivity contribution in [2.45, 2.75) is 26.3 Å². The van der Waals surface area contributed by atoms with E-state index in [4.69, 9.17) is 4.74 Å². The average molecular weight is 236 g/mol. The van der Waals surface area contributed by atoms with Gasteiger partial charge in [-0.05, 0) is 24.0 Å². The lowest BCUT2D eigenvalue weighted by molar-refractivity contribution is -0.384. The number of anilines is 1. The minimum Gasteiger partial charge on any atom is -0.496 e. The van der Waals surface area contributed by atoms with E-state index in [1.54, 1.807) is 12.1 Å². The zero-order valence-electron chi connectivity index (χ0n) is 10.2. The Morgan fingerprint density at radius 2 is 2.18 bits per heavy atom. The molecule has 0 saturated heterocycles. The first kappa shape index (κ1) is 11.7. The zero-order chi connectivity index (χ0) is 12.6. The Hall–Kier alpha value is -1.78. The van der Waals surface area contributed by atoms with Gasteiger partial charge in [-0.25, -0.2) is 0 Å². The van der Waals surface area contributed by atoms with Crippen molar-refractivity contribution in [3.8, 4) is 5.75 Å². The summed E-state index contributed by atoms with van der Waals surface area (Å²) in [5, 5.41) is 14.2. The summed E-state index contributed by atoms with van der Waals surface area (Å²) < 4.78 is 4.99. The molecule has 5 nitrogen and oxygen atoms in total. The number of methoxy groups -OCH3 is 1. The van der Waals surface area contributed by atoms with Crippen molar-refractivity contribution in [3.63, 3.8) is 0 Å². The van der Waals surface area contributed by atoms with Gasteiger partial charge in [0.25, 0.3) is 5.69 Å². The number of benzene rings is 1. The molecule has 1 aromatic rings. The molecule has 1 fully saturated rings. The van der Waals surface area contributed by atoms with Crippen molar-refractivity contribution < 1.29 is 9.66 Å². The summed E-state index contributed by atoms with van der Waals surface area (Å²) in [4.78, 5) is 10.6. The molecule has 0 spiro atoms. The molecule has 1 saturated carbocycles. The number of rotatable bonds is 4. The molecule has 1 unspecified atom stereocenters. The maximum atomic E-state index is 11.0. The average Bonchev–Trinajstić information content (AvgIpc) is 2.86. The summed E-state index contributed by atoms with van der Waals surface area (Å²) in [5.74, 6) is 0.498. The molecule has 1 N–H and O–H groups in total. The third-order valence-electron chi connectivity index (χ3n) is 3.24. The van der Waals surface area contributed by atoms with Gasteiger partial charge in [0.2, 0.25) is 0 Å². The van der Waals surface area contributed by atoms with Crippen LogP contribution in [0.2, 0.25) is 0 Å². The first-order valence-corrected chi connectivity index (χ1v) is 5.53. The summed E-state index contributed by atoms with van der Waals surface area (Å²) in [6.45, 7) is 4.28. The molecule has 5 heteroatoms. The Kier molecular flexibility index (Phi) is 2.69. The molecule has 1 aliphatic carbocycles. The molecule has 1 aromatic carbocycles. The maximum absolute atomic E-state index is 11.0. The minimum absolute atomic E-state index is 0.0621. The molecule has 0 aromatic heterocycles. The van der Waals surface area contributed by atoms with Crippen molar-refractivity contribution in [3.05, 3.63) is 28.3 Å². The van der Waals surface area contributed by atoms with Gasteiger partial charge in [0.15, 0.2) is 0 Å². The molecule has 0 heterocycles. The van der Waals surface area contributed by atoms with Crippen molar-refractivity contribution in [1.82, 2.24) is 0 Å². The highest BCUT2D eigenvalue weighted by molar-refractivity contribution is 5.65. The SMILES string of the molecule is COc1ccc(NC2CC2(C)C)c([N+](=O)[O-])c1. The van der Waals surface area contributed by atoms with Gasteiger partial charge in [0.1, 0.15) is 11.4 Å². The lowest BCUT2D eigenvalue weighted by Crippen LogP contribution is -2.10. The van der Waals surface area contributed by atoms with Crippen LogP contribution in [0.15, 0.2) is 18.2 Å². The van der Waals surface area contributed by atoms with Gasteiger partial charge in [-0.3, -0.25) is 10.1 Å². The molecule has 2 rings (SSSR count). The molecule has 0 aliphatic heterocycles. The summed E-state index contributed by atoms with van der Waals surface area (Å²) in [7, 11) is 1.50. The minimum atomic E-state index is -0.389. The molecule has 1 atom stereocenters. The molecular weight excluding hydrogens is 220 g/mol. The van der Waals surface area contributed by atoms with Gasteiger partial charge in [-0.15, -0.1) is 0 Å². The summed E-state index contributed by atoms with van der Waals surface area (Å²) in [6, 6.07) is 5.18. The van der Waals surface area contributed by atoms with Gasteiger partial charge in [0, 0.05) is 6.04 Å². The van der Waals surface area contributed by atoms with Crippen molar-refractivity contribution in [1.29, 1.82) is 0 Å². The Balaban J connectivity index is 2.24. The lowest BCUT2D eigenvalue weighted by atomic mass is 10.2. The molecule has 17 heavy (non-hydrogen) atoms. The summed E-state index contributed by atoms with van der Waals surface area (Å²) in [5.41, 5.74) is 0.853. The van der Waals surface area contributed by atoms with Crippen LogP contribution in [0.25, 0.3) is 0 Å². The number of hydrogen-bond donors (Lipinski definition) is 1. The molecule has 1 aliphatic rings. The van der Waals surface area contributed by atoms with E-state index in [-0.39, 0.29) is 16.0 Å². The predicted molar refractivity (Wildman–Crippen MR) is 65.5 cm³/mol. The summed E-state index contributed by atoms with van der Waals surface area (Å²) in [6.07, 6.45) is 1.04. The van der Waals surface area contributed by atoms with E-state index in [0.717, 1.165) is 6.42 Å². The van der Waals surface area contributed by atoms with Crippen LogP contribution in [-0.4, -0.2) is 18.1 Å². The van der Waals surface area contributed by atoms with Crippen molar-refractivity contribution >= 4 is 11.4 Å². The van der Waals surface area contributed by atoms with Crippen LogP contribution in [0.4, 0.5) is 11.4 Å². The number of hydrogen-bond acceptors (Lipinski definition) is 4.